The predicted octanol–water partition coefficient (Wildman–Crippen LogP) is 3.77. The van der Waals surface area contributed by atoms with Gasteiger partial charge in [-0.15, -0.1) is 0 Å². The highest BCUT2D eigenvalue weighted by molar-refractivity contribution is 5.92. The molecule has 1 aliphatic heterocycles. The zero-order valence-electron chi connectivity index (χ0n) is 17.5. The molecule has 3 rings (SSSR count). The van der Waals surface area contributed by atoms with E-state index in [-0.39, 0.29) is 30.4 Å². The van der Waals surface area contributed by atoms with Gasteiger partial charge in [-0.05, 0) is 40.8 Å². The van der Waals surface area contributed by atoms with Crippen molar-refractivity contribution < 1.29 is 19.1 Å². The fourth-order valence-electron chi connectivity index (χ4n) is 3.16. The first-order valence-electron chi connectivity index (χ1n) is 9.78. The van der Waals surface area contributed by atoms with Crippen LogP contribution in [-0.4, -0.2) is 25.2 Å². The summed E-state index contributed by atoms with van der Waals surface area (Å²) in [7, 11) is 0. The highest BCUT2D eigenvalue weighted by atomic mass is 16.7. The van der Waals surface area contributed by atoms with Crippen molar-refractivity contribution in [3.05, 3.63) is 53.6 Å². The largest absolute Gasteiger partial charge is 0.454 e. The summed E-state index contributed by atoms with van der Waals surface area (Å²) < 4.78 is 10.6. The van der Waals surface area contributed by atoms with E-state index in [1.54, 1.807) is 4.90 Å². The van der Waals surface area contributed by atoms with Gasteiger partial charge in [-0.25, -0.2) is 0 Å². The van der Waals surface area contributed by atoms with Crippen LogP contribution in [0.1, 0.15) is 45.2 Å². The second-order valence-electron chi connectivity index (χ2n) is 8.18. The van der Waals surface area contributed by atoms with Crippen LogP contribution in [0.25, 0.3) is 0 Å². The molecule has 1 N–H and O–H groups in total. The molecule has 6 heteroatoms. The summed E-state index contributed by atoms with van der Waals surface area (Å²) in [6.45, 7) is 8.91. The van der Waals surface area contributed by atoms with Gasteiger partial charge in [0, 0.05) is 32.1 Å². The number of fused-ring (bicyclic) bond motifs is 1. The molecule has 0 radical (unpaired) electrons. The van der Waals surface area contributed by atoms with Gasteiger partial charge in [-0.2, -0.15) is 0 Å². The highest BCUT2D eigenvalue weighted by Crippen LogP contribution is 2.32. The second-order valence-corrected chi connectivity index (χ2v) is 8.18. The lowest BCUT2D eigenvalue weighted by Gasteiger charge is -2.23. The topological polar surface area (TPSA) is 67.9 Å². The van der Waals surface area contributed by atoms with E-state index in [2.05, 4.69) is 26.1 Å². The van der Waals surface area contributed by atoms with Crippen LogP contribution in [0.4, 0.5) is 5.69 Å². The maximum atomic E-state index is 12.3. The van der Waals surface area contributed by atoms with Gasteiger partial charge in [0.15, 0.2) is 11.5 Å². The Bertz CT molecular complexity index is 885. The number of nitrogens with zero attached hydrogens (tertiary/aromatic N) is 1. The number of hydrogen-bond donors (Lipinski definition) is 1. The van der Waals surface area contributed by atoms with E-state index in [4.69, 9.17) is 9.47 Å². The van der Waals surface area contributed by atoms with Gasteiger partial charge in [0.1, 0.15) is 0 Å². The minimum atomic E-state index is -0.111. The van der Waals surface area contributed by atoms with Crippen molar-refractivity contribution >= 4 is 17.5 Å². The molecule has 6 nitrogen and oxygen atoms in total. The Morgan fingerprint density at radius 2 is 1.72 bits per heavy atom. The molecule has 0 unspecified atom stereocenters. The smallest absolute Gasteiger partial charge is 0.231 e. The van der Waals surface area contributed by atoms with E-state index < -0.39 is 0 Å². The fourth-order valence-corrected chi connectivity index (χ4v) is 3.16. The lowest BCUT2D eigenvalue weighted by Crippen LogP contribution is -2.33. The Balaban J connectivity index is 1.54. The Labute approximate surface area is 171 Å². The zero-order chi connectivity index (χ0) is 21.0. The quantitative estimate of drug-likeness (QED) is 0.807. The van der Waals surface area contributed by atoms with E-state index in [1.165, 1.54) is 12.5 Å². The van der Waals surface area contributed by atoms with Gasteiger partial charge in [0.05, 0.1) is 0 Å². The summed E-state index contributed by atoms with van der Waals surface area (Å²) in [6.07, 6.45) is 0.227. The lowest BCUT2D eigenvalue weighted by atomic mass is 9.87. The standard InChI is InChI=1S/C23H28N2O4/c1-16(26)25(19-8-6-18(7-9-19)23(2,3)4)12-11-22(27)24-14-17-5-10-20-21(13-17)29-15-28-20/h5-10,13H,11-12,14-15H2,1-4H3,(H,24,27). The van der Waals surface area contributed by atoms with Crippen LogP contribution in [0.15, 0.2) is 42.5 Å². The normalized spacial score (nSPS) is 12.6. The third-order valence-electron chi connectivity index (χ3n) is 4.91. The van der Waals surface area contributed by atoms with Crippen molar-refractivity contribution in [1.29, 1.82) is 0 Å². The number of amides is 2. The third-order valence-corrected chi connectivity index (χ3v) is 4.91. The minimum absolute atomic E-state index is 0.0498. The van der Waals surface area contributed by atoms with Crippen LogP contribution in [0, 0.1) is 0 Å². The first-order valence-corrected chi connectivity index (χ1v) is 9.78. The average Bonchev–Trinajstić information content (AvgIpc) is 3.14. The second kappa shape index (κ2) is 8.55. The maximum absolute atomic E-state index is 12.3. The van der Waals surface area contributed by atoms with E-state index in [9.17, 15) is 9.59 Å². The average molecular weight is 396 g/mol. The van der Waals surface area contributed by atoms with Crippen LogP contribution in [0.3, 0.4) is 0 Å². The van der Waals surface area contributed by atoms with E-state index in [0.717, 1.165) is 17.0 Å². The lowest BCUT2D eigenvalue weighted by molar-refractivity contribution is -0.121. The Morgan fingerprint density at radius 1 is 1.03 bits per heavy atom. The summed E-state index contributed by atoms with van der Waals surface area (Å²) in [6, 6.07) is 13.5. The van der Waals surface area contributed by atoms with E-state index in [1.807, 2.05) is 42.5 Å². The van der Waals surface area contributed by atoms with Gasteiger partial charge < -0.3 is 19.7 Å². The SMILES string of the molecule is CC(=O)N(CCC(=O)NCc1ccc2c(c1)OCO2)c1ccc(C(C)(C)C)cc1. The van der Waals surface area contributed by atoms with Crippen molar-refractivity contribution in [2.75, 3.05) is 18.2 Å². The van der Waals surface area contributed by atoms with Gasteiger partial charge in [-0.1, -0.05) is 39.0 Å². The predicted molar refractivity (Wildman–Crippen MR) is 112 cm³/mol. The summed E-state index contributed by atoms with van der Waals surface area (Å²) in [5.41, 5.74) is 2.98. The van der Waals surface area contributed by atoms with Crippen molar-refractivity contribution in [3.8, 4) is 11.5 Å². The molecule has 0 bridgehead atoms. The summed E-state index contributed by atoms with van der Waals surface area (Å²) in [5.74, 6) is 1.21. The molecule has 2 aromatic carbocycles. The van der Waals surface area contributed by atoms with E-state index >= 15 is 0 Å². The molecular formula is C23H28N2O4. The molecule has 0 aliphatic carbocycles. The third kappa shape index (κ3) is 5.28. The highest BCUT2D eigenvalue weighted by Gasteiger charge is 2.17. The van der Waals surface area contributed by atoms with Crippen LogP contribution >= 0.6 is 0 Å². The van der Waals surface area contributed by atoms with Crippen molar-refractivity contribution in [2.45, 2.75) is 46.1 Å². The number of benzene rings is 2. The molecule has 29 heavy (non-hydrogen) atoms. The molecule has 0 spiro atoms. The van der Waals surface area contributed by atoms with Gasteiger partial charge in [0.25, 0.3) is 0 Å². The zero-order valence-corrected chi connectivity index (χ0v) is 17.5. The molecular weight excluding hydrogens is 368 g/mol. The van der Waals surface area contributed by atoms with Crippen molar-refractivity contribution in [2.24, 2.45) is 0 Å². The van der Waals surface area contributed by atoms with Gasteiger partial charge in [-0.3, -0.25) is 9.59 Å². The Kier molecular flexibility index (Phi) is 6.11. The van der Waals surface area contributed by atoms with Crippen LogP contribution in [0.2, 0.25) is 0 Å². The molecule has 0 aromatic heterocycles. The molecule has 2 amide bonds. The number of rotatable bonds is 6. The molecule has 0 fully saturated rings. The first kappa shape index (κ1) is 20.7. The molecule has 154 valence electrons. The van der Waals surface area contributed by atoms with Crippen LogP contribution in [-0.2, 0) is 21.5 Å². The fraction of sp³-hybridized carbons (Fsp3) is 0.391. The van der Waals surface area contributed by atoms with Crippen molar-refractivity contribution in [1.82, 2.24) is 5.32 Å². The van der Waals surface area contributed by atoms with Gasteiger partial charge >= 0.3 is 0 Å². The molecule has 2 aromatic rings. The van der Waals surface area contributed by atoms with Crippen LogP contribution in [0.5, 0.6) is 11.5 Å². The summed E-state index contributed by atoms with van der Waals surface area (Å²) in [4.78, 5) is 26.0. The summed E-state index contributed by atoms with van der Waals surface area (Å²) in [5, 5.41) is 2.89. The maximum Gasteiger partial charge on any atom is 0.231 e. The molecule has 1 aliphatic rings. The molecule has 0 saturated heterocycles. The minimum Gasteiger partial charge on any atom is -0.454 e. The number of carbonyl (C=O) groups excluding carboxylic acids is 2. The Hall–Kier alpha value is -3.02. The summed E-state index contributed by atoms with van der Waals surface area (Å²) >= 11 is 0. The van der Waals surface area contributed by atoms with Gasteiger partial charge in [0.2, 0.25) is 18.6 Å². The Morgan fingerprint density at radius 3 is 2.38 bits per heavy atom. The number of hydrogen-bond acceptors (Lipinski definition) is 4. The monoisotopic (exact) mass is 396 g/mol. The van der Waals surface area contributed by atoms with Crippen LogP contribution < -0.4 is 19.7 Å². The number of nitrogens with one attached hydrogen (secondary N) is 1. The van der Waals surface area contributed by atoms with Crippen molar-refractivity contribution in [3.63, 3.8) is 0 Å². The first-order chi connectivity index (χ1) is 13.7. The molecule has 0 saturated carbocycles. The number of carbonyl (C=O) groups is 2. The number of anilines is 1. The molecule has 1 heterocycles. The van der Waals surface area contributed by atoms with E-state index in [0.29, 0.717) is 18.8 Å². The molecule has 0 atom stereocenters. The number of ether oxygens (including phenoxy) is 2.